The Labute approximate surface area is 242 Å². The average molecular weight is 563 g/mol. The predicted octanol–water partition coefficient (Wildman–Crippen LogP) is 3.90. The fraction of sp³-hybridized carbons (Fsp3) is 0.656. The van der Waals surface area contributed by atoms with Crippen molar-refractivity contribution in [3.63, 3.8) is 0 Å². The Morgan fingerprint density at radius 1 is 0.805 bits per heavy atom. The number of fused-ring (bicyclic) bond motifs is 1. The zero-order valence-electron chi connectivity index (χ0n) is 23.9. The minimum atomic E-state index is -0.955. The van der Waals surface area contributed by atoms with Crippen LogP contribution < -0.4 is 10.2 Å². The lowest BCUT2D eigenvalue weighted by molar-refractivity contribution is -0.136. The number of benzene rings is 1. The summed E-state index contributed by atoms with van der Waals surface area (Å²) in [5, 5.41) is 2.26. The molecule has 3 saturated heterocycles. The minimum absolute atomic E-state index is 0.109. The Hall–Kier alpha value is -3.23. The van der Waals surface area contributed by atoms with Crippen molar-refractivity contribution < 1.29 is 24.0 Å². The molecule has 0 aromatic heterocycles. The van der Waals surface area contributed by atoms with Crippen LogP contribution in [-0.2, 0) is 14.4 Å². The van der Waals surface area contributed by atoms with Crippen molar-refractivity contribution in [2.75, 3.05) is 31.1 Å². The number of anilines is 1. The second kappa shape index (κ2) is 11.9. The van der Waals surface area contributed by atoms with E-state index in [9.17, 15) is 24.0 Å². The highest BCUT2D eigenvalue weighted by atomic mass is 16.2. The average Bonchev–Trinajstić information content (AvgIpc) is 3.26. The van der Waals surface area contributed by atoms with Crippen LogP contribution in [0.3, 0.4) is 0 Å². The maximum atomic E-state index is 13.5. The molecule has 1 unspecified atom stereocenters. The fourth-order valence-corrected chi connectivity index (χ4v) is 7.95. The summed E-state index contributed by atoms with van der Waals surface area (Å²) in [4.78, 5) is 69.0. The molecular formula is C32H42N4O5. The van der Waals surface area contributed by atoms with Crippen LogP contribution in [0, 0.1) is 17.8 Å². The molecule has 4 heterocycles. The van der Waals surface area contributed by atoms with E-state index in [1.807, 2.05) is 6.07 Å². The molecule has 4 fully saturated rings. The number of hydrogen-bond acceptors (Lipinski definition) is 6. The minimum Gasteiger partial charge on any atom is -0.371 e. The van der Waals surface area contributed by atoms with Gasteiger partial charge in [-0.05, 0) is 68.4 Å². The van der Waals surface area contributed by atoms with Gasteiger partial charge in [-0.3, -0.25) is 34.2 Å². The number of piperidine rings is 3. The molecule has 9 nitrogen and oxygen atoms in total. The molecule has 5 aliphatic rings. The number of amides is 5. The van der Waals surface area contributed by atoms with Gasteiger partial charge in [0.15, 0.2) is 0 Å². The zero-order valence-corrected chi connectivity index (χ0v) is 23.9. The van der Waals surface area contributed by atoms with Crippen molar-refractivity contribution in [2.45, 2.75) is 89.5 Å². The summed E-state index contributed by atoms with van der Waals surface area (Å²) in [6.45, 7) is 3.35. The van der Waals surface area contributed by atoms with Gasteiger partial charge in [0.2, 0.25) is 17.7 Å². The quantitative estimate of drug-likeness (QED) is 0.527. The number of hydrogen-bond donors (Lipinski definition) is 1. The Balaban J connectivity index is 1.02. The van der Waals surface area contributed by atoms with E-state index in [4.69, 9.17) is 0 Å². The van der Waals surface area contributed by atoms with E-state index in [0.29, 0.717) is 35.3 Å². The second-order valence-electron chi connectivity index (χ2n) is 12.7. The molecule has 6 rings (SSSR count). The summed E-state index contributed by atoms with van der Waals surface area (Å²) in [5.41, 5.74) is 1.47. The lowest BCUT2D eigenvalue weighted by atomic mass is 9.78. The lowest BCUT2D eigenvalue weighted by Gasteiger charge is -2.41. The number of carbonyl (C=O) groups excluding carboxylic acids is 5. The molecule has 0 bridgehead atoms. The molecule has 5 amide bonds. The van der Waals surface area contributed by atoms with Crippen molar-refractivity contribution in [1.82, 2.24) is 15.1 Å². The molecule has 1 saturated carbocycles. The highest BCUT2D eigenvalue weighted by molar-refractivity contribution is 6.25. The summed E-state index contributed by atoms with van der Waals surface area (Å²) in [6, 6.07) is 4.40. The Morgan fingerprint density at radius 2 is 1.49 bits per heavy atom. The highest BCUT2D eigenvalue weighted by Crippen LogP contribution is 2.38. The maximum absolute atomic E-state index is 13.5. The van der Waals surface area contributed by atoms with Gasteiger partial charge in [-0.2, -0.15) is 0 Å². The number of imide groups is 2. The van der Waals surface area contributed by atoms with Crippen LogP contribution in [0.25, 0.3) is 0 Å². The van der Waals surface area contributed by atoms with E-state index in [-0.39, 0.29) is 18.7 Å². The van der Waals surface area contributed by atoms with Crippen LogP contribution in [-0.4, -0.2) is 71.6 Å². The number of rotatable bonds is 6. The molecule has 0 spiro atoms. The van der Waals surface area contributed by atoms with Gasteiger partial charge >= 0.3 is 0 Å². The fourth-order valence-electron chi connectivity index (χ4n) is 7.95. The van der Waals surface area contributed by atoms with Crippen molar-refractivity contribution in [1.29, 1.82) is 0 Å². The van der Waals surface area contributed by atoms with E-state index < -0.39 is 23.8 Å². The molecule has 9 heteroatoms. The number of likely N-dealkylation sites (tertiary alicyclic amines) is 1. The third-order valence-corrected chi connectivity index (χ3v) is 10.4. The first-order valence-electron chi connectivity index (χ1n) is 15.8. The van der Waals surface area contributed by atoms with Crippen molar-refractivity contribution >= 4 is 35.2 Å². The van der Waals surface area contributed by atoms with Crippen LogP contribution in [0.4, 0.5) is 5.69 Å². The van der Waals surface area contributed by atoms with Crippen LogP contribution in [0.15, 0.2) is 18.2 Å². The van der Waals surface area contributed by atoms with Crippen LogP contribution in [0.5, 0.6) is 0 Å². The lowest BCUT2D eigenvalue weighted by Crippen LogP contribution is -2.54. The first-order chi connectivity index (χ1) is 19.9. The van der Waals surface area contributed by atoms with Gasteiger partial charge < -0.3 is 9.80 Å². The molecular weight excluding hydrogens is 520 g/mol. The number of carbonyl (C=O) groups is 5. The molecule has 0 radical (unpaired) electrons. The number of nitrogens with one attached hydrogen (secondary N) is 1. The van der Waals surface area contributed by atoms with E-state index in [0.717, 1.165) is 74.8 Å². The standard InChI is InChI=1S/C32H42N4O5/c37-27-11-10-26(30(39)33-27)36-31(40)24-7-4-8-25(29(24)32(36)41)34-17-13-22(14-18-34)23-15-19-35(20-16-23)28(38)12-9-21-5-2-1-3-6-21/h4,7-8,21-23,26H,1-3,5-6,9-20H2,(H,33,37,39). The summed E-state index contributed by atoms with van der Waals surface area (Å²) in [5.74, 6) is 0.428. The van der Waals surface area contributed by atoms with E-state index in [2.05, 4.69) is 15.1 Å². The topological polar surface area (TPSA) is 107 Å². The summed E-state index contributed by atoms with van der Waals surface area (Å²) >= 11 is 0. The normalized spacial score (nSPS) is 25.1. The smallest absolute Gasteiger partial charge is 0.264 e. The zero-order chi connectivity index (χ0) is 28.5. The van der Waals surface area contributed by atoms with Gasteiger partial charge in [0.1, 0.15) is 6.04 Å². The monoisotopic (exact) mass is 562 g/mol. The molecule has 220 valence electrons. The van der Waals surface area contributed by atoms with E-state index in [1.54, 1.807) is 12.1 Å². The van der Waals surface area contributed by atoms with Gasteiger partial charge in [-0.15, -0.1) is 0 Å². The van der Waals surface area contributed by atoms with Crippen molar-refractivity contribution in [2.24, 2.45) is 17.8 Å². The van der Waals surface area contributed by atoms with Crippen LogP contribution in [0.1, 0.15) is 104 Å². The van der Waals surface area contributed by atoms with Crippen molar-refractivity contribution in [3.8, 4) is 0 Å². The molecule has 1 aliphatic carbocycles. The van der Waals surface area contributed by atoms with Gasteiger partial charge in [-0.25, -0.2) is 0 Å². The Kier molecular flexibility index (Phi) is 8.13. The molecule has 1 aromatic rings. The van der Waals surface area contributed by atoms with Crippen LogP contribution in [0.2, 0.25) is 0 Å². The van der Waals surface area contributed by atoms with Crippen LogP contribution >= 0.6 is 0 Å². The van der Waals surface area contributed by atoms with Gasteiger partial charge in [0.05, 0.1) is 16.8 Å². The Bertz CT molecular complexity index is 1210. The van der Waals surface area contributed by atoms with Gasteiger partial charge in [0.25, 0.3) is 11.8 Å². The number of nitrogens with zero attached hydrogens (tertiary/aromatic N) is 3. The molecule has 41 heavy (non-hydrogen) atoms. The third kappa shape index (κ3) is 5.64. The second-order valence-corrected chi connectivity index (χ2v) is 12.7. The summed E-state index contributed by atoms with van der Waals surface area (Å²) in [7, 11) is 0. The predicted molar refractivity (Wildman–Crippen MR) is 153 cm³/mol. The molecule has 1 aromatic carbocycles. The van der Waals surface area contributed by atoms with Gasteiger partial charge in [0, 0.05) is 39.0 Å². The van der Waals surface area contributed by atoms with Gasteiger partial charge in [-0.1, -0.05) is 38.2 Å². The van der Waals surface area contributed by atoms with E-state index in [1.165, 1.54) is 32.1 Å². The SMILES string of the molecule is O=C1CCC(N2C(=O)c3cccc(N4CCC(C5CCN(C(=O)CCC6CCCCC6)CC5)CC4)c3C2=O)C(=O)N1. The molecule has 4 aliphatic heterocycles. The largest absolute Gasteiger partial charge is 0.371 e. The molecule has 1 atom stereocenters. The first-order valence-corrected chi connectivity index (χ1v) is 15.8. The van der Waals surface area contributed by atoms with E-state index >= 15 is 0 Å². The molecule has 1 N–H and O–H groups in total. The highest BCUT2D eigenvalue weighted by Gasteiger charge is 2.46. The van der Waals surface area contributed by atoms with Crippen molar-refractivity contribution in [3.05, 3.63) is 29.3 Å². The first kappa shape index (κ1) is 27.9. The third-order valence-electron chi connectivity index (χ3n) is 10.4. The maximum Gasteiger partial charge on any atom is 0.264 e. The summed E-state index contributed by atoms with van der Waals surface area (Å²) < 4.78 is 0. The Morgan fingerprint density at radius 3 is 2.17 bits per heavy atom. The summed E-state index contributed by atoms with van der Waals surface area (Å²) in [6.07, 6.45) is 12.8.